The van der Waals surface area contributed by atoms with Crippen molar-refractivity contribution in [1.82, 2.24) is 0 Å². The van der Waals surface area contributed by atoms with Crippen molar-refractivity contribution in [3.05, 3.63) is 69.8 Å². The predicted octanol–water partition coefficient (Wildman–Crippen LogP) is -2.17. The fourth-order valence-corrected chi connectivity index (χ4v) is 4.37. The van der Waals surface area contributed by atoms with Crippen LogP contribution < -0.4 is 4.74 Å². The van der Waals surface area contributed by atoms with Crippen molar-refractivity contribution in [1.29, 1.82) is 0 Å². The molecule has 40 heavy (non-hydrogen) atoms. The first kappa shape index (κ1) is 29.9. The lowest BCUT2D eigenvalue weighted by molar-refractivity contribution is -0.384. The second-order valence-electron chi connectivity index (χ2n) is 9.28. The molecule has 2 heterocycles. The van der Waals surface area contributed by atoms with Crippen LogP contribution in [0.3, 0.4) is 0 Å². The molecule has 218 valence electrons. The van der Waals surface area contributed by atoms with E-state index in [-0.39, 0.29) is 22.6 Å². The van der Waals surface area contributed by atoms with Crippen LogP contribution in [0.25, 0.3) is 0 Å². The molecule has 0 saturated carbocycles. The number of hydrogen-bond acceptors (Lipinski definition) is 14. The second kappa shape index (κ2) is 12.6. The minimum Gasteiger partial charge on any atom is -0.462 e. The van der Waals surface area contributed by atoms with Crippen molar-refractivity contribution in [2.75, 3.05) is 13.2 Å². The van der Waals surface area contributed by atoms with E-state index in [2.05, 4.69) is 0 Å². The summed E-state index contributed by atoms with van der Waals surface area (Å²) in [4.78, 5) is 22.9. The molecule has 0 radical (unpaired) electrons. The average Bonchev–Trinajstić information content (AvgIpc) is 2.96. The van der Waals surface area contributed by atoms with Gasteiger partial charge in [-0.3, -0.25) is 14.9 Å². The van der Waals surface area contributed by atoms with E-state index >= 15 is 0 Å². The van der Waals surface area contributed by atoms with Crippen molar-refractivity contribution in [2.45, 2.75) is 61.4 Å². The molecule has 0 aliphatic carbocycles. The van der Waals surface area contributed by atoms with Gasteiger partial charge in [0, 0.05) is 23.3 Å². The quantitative estimate of drug-likeness (QED) is 0.0970. The summed E-state index contributed by atoms with van der Waals surface area (Å²) in [5.41, 5.74) is 0.313. The number of ketones is 1. The van der Waals surface area contributed by atoms with Gasteiger partial charge in [-0.1, -0.05) is 0 Å². The third kappa shape index (κ3) is 6.13. The average molecular weight is 568 g/mol. The Kier molecular flexibility index (Phi) is 9.42. The molecule has 10 atom stereocenters. The van der Waals surface area contributed by atoms with Gasteiger partial charge in [0.25, 0.3) is 5.69 Å². The fourth-order valence-electron chi connectivity index (χ4n) is 4.37. The van der Waals surface area contributed by atoms with Gasteiger partial charge in [0.15, 0.2) is 12.1 Å². The highest BCUT2D eigenvalue weighted by atomic mass is 16.7. The molecule has 0 unspecified atom stereocenters. The van der Waals surface area contributed by atoms with Crippen LogP contribution in [0.1, 0.15) is 15.9 Å². The maximum Gasteiger partial charge on any atom is 0.269 e. The van der Waals surface area contributed by atoms with Gasteiger partial charge in [-0.25, -0.2) is 0 Å². The Morgan fingerprint density at radius 1 is 0.750 bits per heavy atom. The van der Waals surface area contributed by atoms with Gasteiger partial charge >= 0.3 is 0 Å². The largest absolute Gasteiger partial charge is 0.462 e. The fraction of sp³-hybridized carbons (Fsp3) is 0.480. The van der Waals surface area contributed by atoms with Gasteiger partial charge in [-0.05, 0) is 36.4 Å². The zero-order valence-electron chi connectivity index (χ0n) is 20.7. The van der Waals surface area contributed by atoms with Crippen molar-refractivity contribution in [2.24, 2.45) is 0 Å². The molecule has 2 aromatic carbocycles. The zero-order chi connectivity index (χ0) is 29.1. The number of benzene rings is 2. The van der Waals surface area contributed by atoms with Crippen LogP contribution in [0.15, 0.2) is 48.5 Å². The van der Waals surface area contributed by atoms with Crippen LogP contribution in [0, 0.1) is 10.1 Å². The summed E-state index contributed by atoms with van der Waals surface area (Å²) in [6.45, 7) is -1.44. The Balaban J connectivity index is 1.41. The number of ether oxygens (including phenoxy) is 4. The minimum absolute atomic E-state index is 0.126. The lowest BCUT2D eigenvalue weighted by Gasteiger charge is -2.45. The van der Waals surface area contributed by atoms with Crippen LogP contribution in [-0.2, 0) is 14.2 Å². The van der Waals surface area contributed by atoms with Crippen LogP contribution in [0.4, 0.5) is 5.69 Å². The topological polar surface area (TPSA) is 239 Å². The standard InChI is InChI=1S/C25H29NO14/c27-9-15-18(30)19(31)21(33)25(38-15)40-23-16(10-28)39-24(22(34)20(23)32)37-14-7-3-12(4-8-14)17(29)11-1-5-13(6-2-11)26(35)36/h1-8,15-16,18-25,27-28,30-34H,9-10H2/t15-,16-,18-,19+,20-,21-,22-,23+,24-,25+/m1/s1. The first-order chi connectivity index (χ1) is 19.0. The van der Waals surface area contributed by atoms with Gasteiger partial charge in [-0.2, -0.15) is 0 Å². The maximum atomic E-state index is 12.7. The summed E-state index contributed by atoms with van der Waals surface area (Å²) in [5, 5.41) is 81.4. The highest BCUT2D eigenvalue weighted by Crippen LogP contribution is 2.30. The monoisotopic (exact) mass is 567 g/mol. The Morgan fingerprint density at radius 2 is 1.27 bits per heavy atom. The van der Waals surface area contributed by atoms with E-state index in [4.69, 9.17) is 18.9 Å². The number of carbonyl (C=O) groups is 1. The van der Waals surface area contributed by atoms with Crippen LogP contribution in [0.5, 0.6) is 5.75 Å². The molecular formula is C25H29NO14. The summed E-state index contributed by atoms with van der Waals surface area (Å²) in [5.74, 6) is -0.277. The SMILES string of the molecule is O=C(c1ccc(O[C@@H]2O[C@H](CO)[C@H](O[C@@H]3O[C@H](CO)[C@@H](O)[C@H](O)[C@H]3O)[C@H](O)[C@H]2O)cc1)c1ccc([N+](=O)[O-])cc1. The minimum atomic E-state index is -1.79. The maximum absolute atomic E-state index is 12.7. The van der Waals surface area contributed by atoms with Crippen LogP contribution in [-0.4, -0.2) is 121 Å². The summed E-state index contributed by atoms with van der Waals surface area (Å²) in [7, 11) is 0. The number of rotatable bonds is 9. The number of aliphatic hydroxyl groups is 7. The van der Waals surface area contributed by atoms with Crippen LogP contribution >= 0.6 is 0 Å². The number of nitrogens with zero attached hydrogens (tertiary/aromatic N) is 1. The van der Waals surface area contributed by atoms with Crippen molar-refractivity contribution >= 4 is 11.5 Å². The second-order valence-corrected chi connectivity index (χ2v) is 9.28. The number of non-ortho nitro benzene ring substituents is 1. The predicted molar refractivity (Wildman–Crippen MR) is 130 cm³/mol. The highest BCUT2D eigenvalue weighted by Gasteiger charge is 2.51. The molecule has 15 nitrogen and oxygen atoms in total. The van der Waals surface area contributed by atoms with E-state index in [0.717, 1.165) is 0 Å². The highest BCUT2D eigenvalue weighted by molar-refractivity contribution is 6.09. The molecular weight excluding hydrogens is 538 g/mol. The number of hydrogen-bond donors (Lipinski definition) is 7. The van der Waals surface area contributed by atoms with Gasteiger partial charge in [0.1, 0.15) is 54.6 Å². The summed E-state index contributed by atoms with van der Waals surface area (Å²) >= 11 is 0. The molecule has 2 fully saturated rings. The van der Waals surface area contributed by atoms with Crippen molar-refractivity contribution < 1.29 is 64.4 Å². The Morgan fingerprint density at radius 3 is 1.82 bits per heavy atom. The number of nitro benzene ring substituents is 1. The number of aliphatic hydroxyl groups excluding tert-OH is 7. The first-order valence-corrected chi connectivity index (χ1v) is 12.2. The van der Waals surface area contributed by atoms with E-state index in [1.54, 1.807) is 0 Å². The number of carbonyl (C=O) groups excluding carboxylic acids is 1. The molecule has 0 bridgehead atoms. The van der Waals surface area contributed by atoms with Crippen molar-refractivity contribution in [3.8, 4) is 5.75 Å². The van der Waals surface area contributed by atoms with Gasteiger partial charge in [0.2, 0.25) is 6.29 Å². The molecule has 7 N–H and O–H groups in total. The van der Waals surface area contributed by atoms with Crippen molar-refractivity contribution in [3.63, 3.8) is 0 Å². The Bertz CT molecular complexity index is 1160. The van der Waals surface area contributed by atoms with E-state index in [1.165, 1.54) is 48.5 Å². The van der Waals surface area contributed by atoms with E-state index in [1.807, 2.05) is 0 Å². The molecule has 0 aromatic heterocycles. The normalized spacial score (nSPS) is 34.3. The third-order valence-electron chi connectivity index (χ3n) is 6.67. The first-order valence-electron chi connectivity index (χ1n) is 12.2. The van der Waals surface area contributed by atoms with E-state index in [0.29, 0.717) is 0 Å². The Hall–Kier alpha value is -3.09. The molecule has 0 spiro atoms. The molecule has 2 aromatic rings. The number of nitro groups is 1. The zero-order valence-corrected chi connectivity index (χ0v) is 20.7. The Labute approximate surface area is 226 Å². The molecule has 15 heteroatoms. The molecule has 2 aliphatic heterocycles. The molecule has 4 rings (SSSR count). The van der Waals surface area contributed by atoms with E-state index in [9.17, 15) is 50.7 Å². The third-order valence-corrected chi connectivity index (χ3v) is 6.67. The molecule has 0 amide bonds. The van der Waals surface area contributed by atoms with Gasteiger partial charge in [0.05, 0.1) is 18.1 Å². The molecule has 2 saturated heterocycles. The smallest absolute Gasteiger partial charge is 0.269 e. The van der Waals surface area contributed by atoms with Crippen LogP contribution in [0.2, 0.25) is 0 Å². The summed E-state index contributed by atoms with van der Waals surface area (Å²) in [6, 6.07) is 10.7. The summed E-state index contributed by atoms with van der Waals surface area (Å²) < 4.78 is 21.9. The summed E-state index contributed by atoms with van der Waals surface area (Å²) in [6.07, 6.45) is -15.9. The lowest BCUT2D eigenvalue weighted by Crippen LogP contribution is -2.65. The van der Waals surface area contributed by atoms with Gasteiger partial charge in [-0.15, -0.1) is 0 Å². The van der Waals surface area contributed by atoms with E-state index < -0.39 is 85.3 Å². The molecule has 2 aliphatic rings. The lowest BCUT2D eigenvalue weighted by atomic mass is 9.97. The van der Waals surface area contributed by atoms with Gasteiger partial charge < -0.3 is 54.7 Å².